The van der Waals surface area contributed by atoms with Crippen LogP contribution in [0.1, 0.15) is 0 Å². The molecule has 90 valence electrons. The van der Waals surface area contributed by atoms with E-state index in [1.807, 2.05) is 0 Å². The van der Waals surface area contributed by atoms with Gasteiger partial charge in [0.2, 0.25) is 0 Å². The zero-order chi connectivity index (χ0) is 12.5. The SMILES string of the molecule is O=S(=O)(Oc1ccccc1F)c1ccc(Cl)s1. The molecule has 1 aromatic carbocycles. The molecule has 2 aromatic rings. The summed E-state index contributed by atoms with van der Waals surface area (Å²) < 4.78 is 41.6. The fourth-order valence-corrected chi connectivity index (χ4v) is 3.49. The maximum absolute atomic E-state index is 13.2. The molecule has 3 nitrogen and oxygen atoms in total. The van der Waals surface area contributed by atoms with Gasteiger partial charge in [-0.05, 0) is 24.3 Å². The van der Waals surface area contributed by atoms with E-state index in [2.05, 4.69) is 4.18 Å². The number of thiophene rings is 1. The molecular weight excluding hydrogens is 287 g/mol. The second-order valence-corrected chi connectivity index (χ2v) is 6.51. The van der Waals surface area contributed by atoms with Gasteiger partial charge in [0.1, 0.15) is 0 Å². The normalized spacial score (nSPS) is 11.4. The van der Waals surface area contributed by atoms with Crippen LogP contribution >= 0.6 is 22.9 Å². The third-order valence-corrected chi connectivity index (χ3v) is 4.75. The summed E-state index contributed by atoms with van der Waals surface area (Å²) in [5.41, 5.74) is 0. The molecule has 0 radical (unpaired) electrons. The number of halogens is 2. The summed E-state index contributed by atoms with van der Waals surface area (Å²) in [7, 11) is -4.02. The predicted molar refractivity (Wildman–Crippen MR) is 63.5 cm³/mol. The van der Waals surface area contributed by atoms with E-state index in [-0.39, 0.29) is 9.96 Å². The standard InChI is InChI=1S/C10H6ClFO3S2/c11-9-5-6-10(16-9)17(13,14)15-8-4-2-1-3-7(8)12/h1-6H. The van der Waals surface area contributed by atoms with Gasteiger partial charge in [0, 0.05) is 0 Å². The average Bonchev–Trinajstić information content (AvgIpc) is 2.69. The van der Waals surface area contributed by atoms with Gasteiger partial charge in [-0.25, -0.2) is 4.39 Å². The van der Waals surface area contributed by atoms with Gasteiger partial charge in [0.05, 0.1) is 4.34 Å². The van der Waals surface area contributed by atoms with Crippen molar-refractivity contribution in [2.24, 2.45) is 0 Å². The zero-order valence-corrected chi connectivity index (χ0v) is 10.7. The Balaban J connectivity index is 2.33. The smallest absolute Gasteiger partial charge is 0.348 e. The van der Waals surface area contributed by atoms with E-state index in [9.17, 15) is 12.8 Å². The van der Waals surface area contributed by atoms with E-state index >= 15 is 0 Å². The third-order valence-electron chi connectivity index (χ3n) is 1.83. The Bertz CT molecular complexity index is 637. The molecule has 17 heavy (non-hydrogen) atoms. The molecule has 0 aliphatic rings. The molecule has 0 N–H and O–H groups in total. The molecule has 0 spiro atoms. The van der Waals surface area contributed by atoms with Crippen molar-refractivity contribution < 1.29 is 17.0 Å². The minimum absolute atomic E-state index is 0.0641. The monoisotopic (exact) mass is 292 g/mol. The van der Waals surface area contributed by atoms with Gasteiger partial charge in [-0.2, -0.15) is 8.42 Å². The molecule has 1 aromatic heterocycles. The van der Waals surface area contributed by atoms with Crippen LogP contribution in [-0.2, 0) is 10.1 Å². The average molecular weight is 293 g/mol. The Hall–Kier alpha value is -1.11. The fourth-order valence-electron chi connectivity index (χ4n) is 1.10. The first-order valence-electron chi connectivity index (χ1n) is 4.43. The van der Waals surface area contributed by atoms with Crippen LogP contribution in [0, 0.1) is 5.82 Å². The minimum atomic E-state index is -4.02. The second kappa shape index (κ2) is 4.64. The Morgan fingerprint density at radius 1 is 1.18 bits per heavy atom. The highest BCUT2D eigenvalue weighted by molar-refractivity contribution is 7.89. The molecule has 0 aliphatic carbocycles. The lowest BCUT2D eigenvalue weighted by Crippen LogP contribution is -2.08. The first kappa shape index (κ1) is 12.3. The molecule has 2 rings (SSSR count). The molecule has 0 bridgehead atoms. The third kappa shape index (κ3) is 2.77. The topological polar surface area (TPSA) is 43.4 Å². The summed E-state index contributed by atoms with van der Waals surface area (Å²) in [4.78, 5) is 0. The van der Waals surface area contributed by atoms with Crippen LogP contribution in [0.3, 0.4) is 0 Å². The second-order valence-electron chi connectivity index (χ2n) is 3.03. The number of para-hydroxylation sites is 1. The highest BCUT2D eigenvalue weighted by atomic mass is 35.5. The van der Waals surface area contributed by atoms with E-state index < -0.39 is 15.9 Å². The van der Waals surface area contributed by atoms with Crippen LogP contribution < -0.4 is 4.18 Å². The van der Waals surface area contributed by atoms with Crippen LogP contribution in [0.15, 0.2) is 40.6 Å². The zero-order valence-electron chi connectivity index (χ0n) is 8.26. The van der Waals surface area contributed by atoms with Gasteiger partial charge >= 0.3 is 10.1 Å². The molecule has 0 unspecified atom stereocenters. The van der Waals surface area contributed by atoms with Gasteiger partial charge in [-0.15, -0.1) is 11.3 Å². The van der Waals surface area contributed by atoms with E-state index in [1.54, 1.807) is 0 Å². The Labute approximate surface area is 107 Å². The first-order chi connectivity index (χ1) is 7.99. The van der Waals surface area contributed by atoms with Crippen LogP contribution in [0.5, 0.6) is 5.75 Å². The van der Waals surface area contributed by atoms with E-state index in [4.69, 9.17) is 11.6 Å². The molecule has 0 saturated carbocycles. The highest BCUT2D eigenvalue weighted by Gasteiger charge is 2.20. The molecule has 0 amide bonds. The highest BCUT2D eigenvalue weighted by Crippen LogP contribution is 2.28. The van der Waals surface area contributed by atoms with Crippen molar-refractivity contribution in [1.29, 1.82) is 0 Å². The first-order valence-corrected chi connectivity index (χ1v) is 7.04. The van der Waals surface area contributed by atoms with Crippen molar-refractivity contribution in [3.63, 3.8) is 0 Å². The van der Waals surface area contributed by atoms with Gasteiger partial charge in [0.15, 0.2) is 15.8 Å². The maximum Gasteiger partial charge on any atom is 0.348 e. The van der Waals surface area contributed by atoms with Crippen LogP contribution in [0.25, 0.3) is 0 Å². The van der Waals surface area contributed by atoms with Gasteiger partial charge in [-0.3, -0.25) is 0 Å². The maximum atomic E-state index is 13.2. The van der Waals surface area contributed by atoms with Crippen LogP contribution in [0.4, 0.5) is 4.39 Å². The molecule has 1 heterocycles. The minimum Gasteiger partial charge on any atom is -0.375 e. The Kier molecular flexibility index (Phi) is 3.37. The lowest BCUT2D eigenvalue weighted by Gasteiger charge is -2.05. The molecular formula is C10H6ClFO3S2. The van der Waals surface area contributed by atoms with E-state index in [1.165, 1.54) is 30.3 Å². The van der Waals surface area contributed by atoms with Crippen molar-refractivity contribution in [1.82, 2.24) is 0 Å². The van der Waals surface area contributed by atoms with Gasteiger partial charge in [-0.1, -0.05) is 23.7 Å². The Morgan fingerprint density at radius 3 is 2.47 bits per heavy atom. The summed E-state index contributed by atoms with van der Waals surface area (Å²) in [6, 6.07) is 8.02. The molecule has 0 aliphatic heterocycles. The van der Waals surface area contributed by atoms with Crippen molar-refractivity contribution >= 4 is 33.1 Å². The predicted octanol–water partition coefficient (Wildman–Crippen LogP) is 3.31. The Morgan fingerprint density at radius 2 is 1.88 bits per heavy atom. The lowest BCUT2D eigenvalue weighted by atomic mass is 10.3. The summed E-state index contributed by atoms with van der Waals surface area (Å²) in [6.45, 7) is 0. The summed E-state index contributed by atoms with van der Waals surface area (Å²) >= 11 is 6.47. The number of rotatable bonds is 3. The van der Waals surface area contributed by atoms with Crippen LogP contribution in [-0.4, -0.2) is 8.42 Å². The number of hydrogen-bond acceptors (Lipinski definition) is 4. The molecule has 7 heteroatoms. The summed E-state index contributed by atoms with van der Waals surface area (Å²) in [5, 5.41) is 0. The molecule has 0 fully saturated rings. The van der Waals surface area contributed by atoms with Crippen molar-refractivity contribution in [3.8, 4) is 5.75 Å². The molecule has 0 atom stereocenters. The summed E-state index contributed by atoms with van der Waals surface area (Å²) in [6.07, 6.45) is 0. The van der Waals surface area contributed by atoms with Gasteiger partial charge in [0.25, 0.3) is 0 Å². The largest absolute Gasteiger partial charge is 0.375 e. The van der Waals surface area contributed by atoms with Crippen molar-refractivity contribution in [2.75, 3.05) is 0 Å². The van der Waals surface area contributed by atoms with Gasteiger partial charge < -0.3 is 4.18 Å². The molecule has 0 saturated heterocycles. The summed E-state index contributed by atoms with van der Waals surface area (Å²) in [5.74, 6) is -1.07. The number of benzene rings is 1. The quantitative estimate of drug-likeness (QED) is 0.815. The lowest BCUT2D eigenvalue weighted by molar-refractivity contribution is 0.463. The fraction of sp³-hybridized carbons (Fsp3) is 0. The van der Waals surface area contributed by atoms with E-state index in [0.717, 1.165) is 17.4 Å². The van der Waals surface area contributed by atoms with Crippen molar-refractivity contribution in [2.45, 2.75) is 4.21 Å². The number of hydrogen-bond donors (Lipinski definition) is 0. The van der Waals surface area contributed by atoms with Crippen molar-refractivity contribution in [3.05, 3.63) is 46.6 Å². The van der Waals surface area contributed by atoms with Crippen LogP contribution in [0.2, 0.25) is 4.34 Å². The van der Waals surface area contributed by atoms with E-state index in [0.29, 0.717) is 4.34 Å².